The van der Waals surface area contributed by atoms with Crippen molar-refractivity contribution in [1.29, 1.82) is 0 Å². The average Bonchev–Trinajstić information content (AvgIpc) is 2.28. The maximum atomic E-state index is 2.98. The van der Waals surface area contributed by atoms with E-state index in [0.29, 0.717) is 0 Å². The van der Waals surface area contributed by atoms with Gasteiger partial charge in [-0.3, -0.25) is 0 Å². The van der Waals surface area contributed by atoms with E-state index in [1.807, 2.05) is 27.7 Å². The molecule has 0 aliphatic heterocycles. The van der Waals surface area contributed by atoms with Gasteiger partial charge in [-0.1, -0.05) is 48.0 Å². The van der Waals surface area contributed by atoms with Gasteiger partial charge in [-0.25, -0.2) is 0 Å². The van der Waals surface area contributed by atoms with E-state index in [0.717, 1.165) is 17.5 Å². The van der Waals surface area contributed by atoms with Crippen molar-refractivity contribution in [3.63, 3.8) is 0 Å². The summed E-state index contributed by atoms with van der Waals surface area (Å²) >= 11 is 0. The van der Waals surface area contributed by atoms with Gasteiger partial charge in [0.2, 0.25) is 0 Å². The van der Waals surface area contributed by atoms with Crippen LogP contribution in [0.2, 0.25) is 0 Å². The van der Waals surface area contributed by atoms with Crippen LogP contribution in [0, 0.1) is 11.8 Å². The average molecular weight is 218 g/mol. The molecular weight excluding hydrogens is 187 g/mol. The fraction of sp³-hybridized carbons (Fsp3) is 1.00. The van der Waals surface area contributed by atoms with Gasteiger partial charge in [0.15, 0.2) is 0 Å². The van der Waals surface area contributed by atoms with Crippen LogP contribution in [0.4, 0.5) is 0 Å². The van der Waals surface area contributed by atoms with Gasteiger partial charge in [-0.05, 0) is 36.8 Å². The predicted molar refractivity (Wildman–Crippen MR) is 73.0 cm³/mol. The van der Waals surface area contributed by atoms with E-state index in [1.54, 1.807) is 0 Å². The van der Waals surface area contributed by atoms with Gasteiger partial charge < -0.3 is 0 Å². The molecule has 0 heterocycles. The van der Waals surface area contributed by atoms with Gasteiger partial charge in [-0.15, -0.1) is 9.24 Å². The number of rotatable bonds is 1. The smallest absolute Gasteiger partial charge is 0.0238 e. The van der Waals surface area contributed by atoms with Crippen molar-refractivity contribution in [3.8, 4) is 0 Å². The van der Waals surface area contributed by atoms with Crippen molar-refractivity contribution in [3.05, 3.63) is 0 Å². The van der Waals surface area contributed by atoms with Gasteiger partial charge >= 0.3 is 0 Å². The zero-order valence-corrected chi connectivity index (χ0v) is 12.3. The lowest BCUT2D eigenvalue weighted by Gasteiger charge is -2.31. The number of hydrogen-bond donors (Lipinski definition) is 0. The number of hydrogen-bond acceptors (Lipinski definition) is 0. The normalized spacial score (nSPS) is 30.6. The summed E-state index contributed by atoms with van der Waals surface area (Å²) in [6, 6.07) is 0. The quantitative estimate of drug-likeness (QED) is 0.535. The fourth-order valence-corrected chi connectivity index (χ4v) is 2.25. The lowest BCUT2D eigenvalue weighted by atomic mass is 9.81. The molecule has 0 aromatic heterocycles. The van der Waals surface area contributed by atoms with Crippen LogP contribution < -0.4 is 0 Å². The van der Waals surface area contributed by atoms with E-state index >= 15 is 0 Å². The third-order valence-electron chi connectivity index (χ3n) is 2.92. The zero-order valence-electron chi connectivity index (χ0n) is 11.1. The third-order valence-corrected chi connectivity index (χ3v) is 3.91. The van der Waals surface area contributed by atoms with Crippen molar-refractivity contribution in [2.45, 2.75) is 72.9 Å². The molecule has 0 spiro atoms. The maximum absolute atomic E-state index is 2.98. The summed E-state index contributed by atoms with van der Waals surface area (Å²) in [6.07, 6.45) is 5.76. The second-order valence-electron chi connectivity index (χ2n) is 3.73. The molecule has 1 fully saturated rings. The van der Waals surface area contributed by atoms with E-state index in [2.05, 4.69) is 23.1 Å². The lowest BCUT2D eigenvalue weighted by Crippen LogP contribution is -2.22. The molecule has 0 amide bonds. The first-order valence-electron chi connectivity index (χ1n) is 6.49. The van der Waals surface area contributed by atoms with Crippen LogP contribution in [-0.2, 0) is 0 Å². The Hall–Kier alpha value is 0.430. The van der Waals surface area contributed by atoms with Crippen LogP contribution in [0.15, 0.2) is 0 Å². The lowest BCUT2D eigenvalue weighted by molar-refractivity contribution is 0.284. The van der Waals surface area contributed by atoms with Gasteiger partial charge in [0, 0.05) is 0 Å². The SMILES string of the molecule is CC.CC.CCC1CCC(P)C(C)C1. The first-order valence-corrected chi connectivity index (χ1v) is 7.16. The molecule has 1 saturated carbocycles. The molecule has 0 N–H and O–H groups in total. The monoisotopic (exact) mass is 218 g/mol. The van der Waals surface area contributed by atoms with Crippen molar-refractivity contribution >= 4 is 9.24 Å². The molecular formula is C13H31P. The molecule has 0 saturated heterocycles. The van der Waals surface area contributed by atoms with E-state index in [-0.39, 0.29) is 0 Å². The summed E-state index contributed by atoms with van der Waals surface area (Å²) in [5, 5.41) is 0. The summed E-state index contributed by atoms with van der Waals surface area (Å²) in [7, 11) is 2.98. The van der Waals surface area contributed by atoms with Crippen LogP contribution in [0.5, 0.6) is 0 Å². The highest BCUT2D eigenvalue weighted by molar-refractivity contribution is 7.17. The second-order valence-corrected chi connectivity index (χ2v) is 4.58. The minimum absolute atomic E-state index is 0.905. The topological polar surface area (TPSA) is 0 Å². The summed E-state index contributed by atoms with van der Waals surface area (Å²) in [6.45, 7) is 12.7. The Morgan fingerprint density at radius 1 is 1.07 bits per heavy atom. The Morgan fingerprint density at radius 3 is 1.93 bits per heavy atom. The Kier molecular flexibility index (Phi) is 13.8. The Morgan fingerprint density at radius 2 is 1.57 bits per heavy atom. The molecule has 0 aromatic carbocycles. The van der Waals surface area contributed by atoms with Gasteiger partial charge in [0.25, 0.3) is 0 Å². The Labute approximate surface area is 94.5 Å². The molecule has 0 nitrogen and oxygen atoms in total. The highest BCUT2D eigenvalue weighted by Gasteiger charge is 2.22. The first kappa shape index (κ1) is 16.8. The molecule has 0 bridgehead atoms. The van der Waals surface area contributed by atoms with E-state index in [9.17, 15) is 0 Å². The zero-order chi connectivity index (χ0) is 11.6. The summed E-state index contributed by atoms with van der Waals surface area (Å²) in [5.74, 6) is 1.98. The second kappa shape index (κ2) is 11.5. The summed E-state index contributed by atoms with van der Waals surface area (Å²) in [4.78, 5) is 0. The van der Waals surface area contributed by atoms with Crippen LogP contribution >= 0.6 is 9.24 Å². The fourth-order valence-electron chi connectivity index (χ4n) is 1.90. The first-order chi connectivity index (χ1) is 6.74. The molecule has 14 heavy (non-hydrogen) atoms. The highest BCUT2D eigenvalue weighted by Crippen LogP contribution is 2.34. The van der Waals surface area contributed by atoms with E-state index in [1.165, 1.54) is 25.7 Å². The van der Waals surface area contributed by atoms with Crippen molar-refractivity contribution in [2.24, 2.45) is 11.8 Å². The van der Waals surface area contributed by atoms with Gasteiger partial charge in [0.05, 0.1) is 0 Å². The van der Waals surface area contributed by atoms with E-state index < -0.39 is 0 Å². The molecule has 1 heteroatoms. The van der Waals surface area contributed by atoms with Crippen molar-refractivity contribution in [1.82, 2.24) is 0 Å². The van der Waals surface area contributed by atoms with Gasteiger partial charge in [-0.2, -0.15) is 0 Å². The van der Waals surface area contributed by atoms with E-state index in [4.69, 9.17) is 0 Å². The van der Waals surface area contributed by atoms with Crippen molar-refractivity contribution < 1.29 is 0 Å². The van der Waals surface area contributed by atoms with Gasteiger partial charge in [0.1, 0.15) is 0 Å². The predicted octanol–water partition coefficient (Wildman–Crippen LogP) is 5.13. The molecule has 0 radical (unpaired) electrons. The minimum Gasteiger partial charge on any atom is -0.134 e. The van der Waals surface area contributed by atoms with Crippen LogP contribution in [0.1, 0.15) is 67.2 Å². The molecule has 1 aliphatic rings. The maximum Gasteiger partial charge on any atom is -0.0238 e. The molecule has 0 aromatic rings. The van der Waals surface area contributed by atoms with Crippen LogP contribution in [0.3, 0.4) is 0 Å². The Bertz CT molecular complexity index is 101. The standard InChI is InChI=1S/C9H19P.2C2H6/c1-3-8-4-5-9(10)7(2)6-8;2*1-2/h7-9H,3-6,10H2,1-2H3;2*1-2H3. The summed E-state index contributed by atoms with van der Waals surface area (Å²) in [5.41, 5.74) is 0.905. The Balaban J connectivity index is 0. The molecule has 4 unspecified atom stereocenters. The molecule has 1 rings (SSSR count). The molecule has 88 valence electrons. The molecule has 4 atom stereocenters. The minimum atomic E-state index is 0.905. The largest absolute Gasteiger partial charge is 0.134 e. The van der Waals surface area contributed by atoms with Crippen molar-refractivity contribution in [2.75, 3.05) is 0 Å². The van der Waals surface area contributed by atoms with Crippen LogP contribution in [-0.4, -0.2) is 5.66 Å². The molecule has 1 aliphatic carbocycles. The van der Waals surface area contributed by atoms with Crippen LogP contribution in [0.25, 0.3) is 0 Å². The third kappa shape index (κ3) is 6.82. The highest BCUT2D eigenvalue weighted by atomic mass is 31.0. The summed E-state index contributed by atoms with van der Waals surface area (Å²) < 4.78 is 0.